The molecule has 36 heavy (non-hydrogen) atoms. The topological polar surface area (TPSA) is 124 Å². The molecule has 1 aliphatic heterocycles. The Kier molecular flexibility index (Phi) is 7.51. The van der Waals surface area contributed by atoms with Gasteiger partial charge in [0.1, 0.15) is 24.0 Å². The molecule has 3 aromatic rings. The van der Waals surface area contributed by atoms with Gasteiger partial charge in [-0.15, -0.1) is 10.2 Å². The minimum Gasteiger partial charge on any atom is -0.492 e. The van der Waals surface area contributed by atoms with E-state index in [9.17, 15) is 4.79 Å². The predicted octanol–water partition coefficient (Wildman–Crippen LogP) is 3.25. The Morgan fingerprint density at radius 2 is 1.97 bits per heavy atom. The number of hydrogen-bond donors (Lipinski definition) is 2. The number of anilines is 2. The molecule has 1 aliphatic carbocycles. The first-order valence-electron chi connectivity index (χ1n) is 12.1. The maximum atomic E-state index is 11.7. The Labute approximate surface area is 213 Å². The zero-order valence-electron chi connectivity index (χ0n) is 19.8. The van der Waals surface area contributed by atoms with Crippen LogP contribution >= 0.6 is 11.5 Å². The molecule has 0 amide bonds. The number of nitrogens with two attached hydrogens (primary N) is 1. The Morgan fingerprint density at radius 1 is 1.17 bits per heavy atom. The summed E-state index contributed by atoms with van der Waals surface area (Å²) in [6.45, 7) is 3.72. The summed E-state index contributed by atoms with van der Waals surface area (Å²) in [4.78, 5) is 18.4. The van der Waals surface area contributed by atoms with Crippen LogP contribution in [-0.4, -0.2) is 67.5 Å². The molecule has 10 nitrogen and oxygen atoms in total. The van der Waals surface area contributed by atoms with Crippen LogP contribution in [0.2, 0.25) is 0 Å². The summed E-state index contributed by atoms with van der Waals surface area (Å²) in [5.74, 6) is 3.19. The Hall–Kier alpha value is -3.79. The van der Waals surface area contributed by atoms with E-state index in [-0.39, 0.29) is 5.95 Å². The van der Waals surface area contributed by atoms with Gasteiger partial charge in [-0.25, -0.2) is 4.79 Å². The van der Waals surface area contributed by atoms with Crippen LogP contribution in [0.5, 0.6) is 0 Å². The van der Waals surface area contributed by atoms with Gasteiger partial charge in [0.2, 0.25) is 11.9 Å². The molecule has 1 atom stereocenters. The molecule has 3 N–H and O–H groups in total. The van der Waals surface area contributed by atoms with E-state index >= 15 is 0 Å². The number of hydrogen-bond acceptors (Lipinski definition) is 10. The fourth-order valence-electron chi connectivity index (χ4n) is 4.33. The van der Waals surface area contributed by atoms with Crippen LogP contribution in [0.1, 0.15) is 25.7 Å². The van der Waals surface area contributed by atoms with E-state index < -0.39 is 6.04 Å². The zero-order chi connectivity index (χ0) is 24.7. The summed E-state index contributed by atoms with van der Waals surface area (Å²) < 4.78 is 11.3. The van der Waals surface area contributed by atoms with Gasteiger partial charge in [0.25, 0.3) is 0 Å². The van der Waals surface area contributed by atoms with E-state index in [1.54, 1.807) is 6.08 Å². The van der Waals surface area contributed by atoms with E-state index in [2.05, 4.69) is 29.9 Å². The minimum atomic E-state index is -0.435. The van der Waals surface area contributed by atoms with Crippen LogP contribution in [0.3, 0.4) is 0 Å². The molecular weight excluding hydrogens is 476 g/mol. The second kappa shape index (κ2) is 11.3. The molecule has 1 unspecified atom stereocenters. The van der Waals surface area contributed by atoms with Crippen LogP contribution in [0.15, 0.2) is 59.2 Å². The number of rotatable bonds is 8. The molecule has 0 bridgehead atoms. The summed E-state index contributed by atoms with van der Waals surface area (Å²) in [7, 11) is 0. The van der Waals surface area contributed by atoms with E-state index in [1.807, 2.05) is 47.7 Å². The second-order valence-electron chi connectivity index (χ2n) is 8.73. The van der Waals surface area contributed by atoms with Crippen molar-refractivity contribution >= 4 is 29.4 Å². The predicted molar refractivity (Wildman–Crippen MR) is 139 cm³/mol. The first kappa shape index (κ1) is 23.9. The van der Waals surface area contributed by atoms with Gasteiger partial charge < -0.3 is 15.8 Å². The van der Waals surface area contributed by atoms with E-state index in [0.29, 0.717) is 23.9 Å². The molecule has 0 radical (unpaired) electrons. The average molecular weight is 505 g/mol. The monoisotopic (exact) mass is 504 g/mol. The molecule has 1 aromatic carbocycles. The largest absolute Gasteiger partial charge is 0.492 e. The number of nitrogens with one attached hydrogen (secondary N) is 1. The highest BCUT2D eigenvalue weighted by atomic mass is 32.1. The van der Waals surface area contributed by atoms with Gasteiger partial charge in [-0.3, -0.25) is 4.90 Å². The maximum Gasteiger partial charge on any atom is 0.245 e. The normalized spacial score (nSPS) is 18.4. The first-order chi connectivity index (χ1) is 17.7. The van der Waals surface area contributed by atoms with E-state index in [4.69, 9.17) is 10.5 Å². The molecule has 2 aromatic heterocycles. The van der Waals surface area contributed by atoms with Crippen LogP contribution < -0.4 is 11.1 Å². The summed E-state index contributed by atoms with van der Waals surface area (Å²) in [6, 6.07) is 7.19. The molecular formula is C25H28N8O2S. The summed E-state index contributed by atoms with van der Waals surface area (Å²) in [5, 5.41) is 13.6. The molecule has 1 saturated heterocycles. The van der Waals surface area contributed by atoms with Crippen molar-refractivity contribution < 1.29 is 9.53 Å². The van der Waals surface area contributed by atoms with Crippen LogP contribution in [-0.2, 0) is 9.53 Å². The summed E-state index contributed by atoms with van der Waals surface area (Å²) in [6.07, 6.45) is 10.5. The van der Waals surface area contributed by atoms with Crippen molar-refractivity contribution in [2.24, 2.45) is 0 Å². The number of ether oxygens (including phenoxy) is 1. The first-order valence-corrected chi connectivity index (χ1v) is 12.9. The second-order valence-corrected chi connectivity index (χ2v) is 9.34. The number of likely N-dealkylation sites (tertiary alicyclic amines) is 1. The van der Waals surface area contributed by atoms with Crippen LogP contribution in [0.4, 0.5) is 11.9 Å². The smallest absolute Gasteiger partial charge is 0.245 e. The summed E-state index contributed by atoms with van der Waals surface area (Å²) >= 11 is 1.30. The number of benzene rings is 1. The maximum absolute atomic E-state index is 11.7. The number of nitrogen functional groups attached to an aromatic ring is 1. The molecule has 2 aliphatic rings. The molecule has 5 rings (SSSR count). The van der Waals surface area contributed by atoms with Gasteiger partial charge in [-0.1, -0.05) is 35.5 Å². The Morgan fingerprint density at radius 3 is 2.69 bits per heavy atom. The minimum absolute atomic E-state index is 0.227. The quantitative estimate of drug-likeness (QED) is 0.445. The number of carbonyl (C=O) groups excluding carboxylic acids is 1. The van der Waals surface area contributed by atoms with Crippen molar-refractivity contribution in [2.75, 3.05) is 37.3 Å². The molecule has 0 saturated carbocycles. The fraction of sp³-hybridized carbons (Fsp3) is 0.360. The van der Waals surface area contributed by atoms with Gasteiger partial charge >= 0.3 is 0 Å². The molecule has 3 heterocycles. The highest BCUT2D eigenvalue weighted by Gasteiger charge is 2.19. The highest BCUT2D eigenvalue weighted by Crippen LogP contribution is 2.23. The van der Waals surface area contributed by atoms with E-state index in [1.165, 1.54) is 41.9 Å². The van der Waals surface area contributed by atoms with Crippen molar-refractivity contribution in [3.8, 4) is 16.9 Å². The third-order valence-corrected chi connectivity index (χ3v) is 6.77. The van der Waals surface area contributed by atoms with E-state index in [0.717, 1.165) is 36.6 Å². The molecule has 1 fully saturated rings. The lowest BCUT2D eigenvalue weighted by Crippen LogP contribution is -2.28. The lowest BCUT2D eigenvalue weighted by atomic mass is 10.0. The molecule has 186 valence electrons. The zero-order valence-corrected chi connectivity index (χ0v) is 20.7. The van der Waals surface area contributed by atoms with Gasteiger partial charge in [0.15, 0.2) is 0 Å². The Bertz CT molecular complexity index is 1270. The van der Waals surface area contributed by atoms with Crippen LogP contribution in [0.25, 0.3) is 16.9 Å². The standard InChI is InChI=1S/C25H28N8O2S/c26-24-28-25(30-33(24)20-7-5-18(6-8-20)23-17-36-31-29-23)27-22-10-9-21(15-19(22)16-34)35-14-13-32-11-3-1-2-4-12-32/h5-10,15,17,22H,1-4,11-14H2,(H3,26,27,28,30). The third kappa shape index (κ3) is 5.71. The molecule has 11 heteroatoms. The van der Waals surface area contributed by atoms with Gasteiger partial charge in [-0.05, 0) is 61.7 Å². The highest BCUT2D eigenvalue weighted by molar-refractivity contribution is 7.03. The SMILES string of the molecule is Nc1nc(NC2C=CC(OCCN3CCCCCC3)=CC2=C=O)nn1-c1ccc(-c2csnn2)cc1. The van der Waals surface area contributed by atoms with Crippen molar-refractivity contribution in [1.82, 2.24) is 29.3 Å². The van der Waals surface area contributed by atoms with Gasteiger partial charge in [0.05, 0.1) is 17.3 Å². The average Bonchev–Trinajstić information content (AvgIpc) is 3.49. The van der Waals surface area contributed by atoms with Crippen molar-refractivity contribution in [3.63, 3.8) is 0 Å². The van der Waals surface area contributed by atoms with Crippen molar-refractivity contribution in [3.05, 3.63) is 59.2 Å². The van der Waals surface area contributed by atoms with Crippen LogP contribution in [0, 0.1) is 0 Å². The third-order valence-electron chi connectivity index (χ3n) is 6.26. The fourth-order valence-corrected chi connectivity index (χ4v) is 4.79. The van der Waals surface area contributed by atoms with Gasteiger partial charge in [-0.2, -0.15) is 9.67 Å². The lowest BCUT2D eigenvalue weighted by molar-refractivity contribution is 0.166. The molecule has 0 spiro atoms. The summed E-state index contributed by atoms with van der Waals surface area (Å²) in [5.41, 5.74) is 9.06. The number of allylic oxidation sites excluding steroid dienone is 1. The van der Waals surface area contributed by atoms with Crippen molar-refractivity contribution in [2.45, 2.75) is 31.7 Å². The van der Waals surface area contributed by atoms with Crippen molar-refractivity contribution in [1.29, 1.82) is 0 Å². The number of nitrogens with zero attached hydrogens (tertiary/aromatic N) is 6. The van der Waals surface area contributed by atoms with Gasteiger partial charge in [0, 0.05) is 17.5 Å². The lowest BCUT2D eigenvalue weighted by Gasteiger charge is -2.21. The number of aromatic nitrogens is 5. The Balaban J connectivity index is 1.19.